The summed E-state index contributed by atoms with van der Waals surface area (Å²) in [6.07, 6.45) is 7.89. The molecular formula is C10H17N. The highest BCUT2D eigenvalue weighted by molar-refractivity contribution is 5.27. The zero-order valence-electron chi connectivity index (χ0n) is 7.51. The Hall–Kier alpha value is -0.560. The topological polar surface area (TPSA) is 3.24 Å². The van der Waals surface area contributed by atoms with E-state index in [2.05, 4.69) is 37.0 Å². The van der Waals surface area contributed by atoms with Crippen molar-refractivity contribution >= 4 is 0 Å². The Morgan fingerprint density at radius 2 is 2.09 bits per heavy atom. The van der Waals surface area contributed by atoms with Crippen LogP contribution in [0.3, 0.4) is 0 Å². The van der Waals surface area contributed by atoms with Gasteiger partial charge in [0.15, 0.2) is 0 Å². The third-order valence-corrected chi connectivity index (χ3v) is 2.15. The van der Waals surface area contributed by atoms with Crippen LogP contribution in [-0.4, -0.2) is 24.5 Å². The largest absolute Gasteiger partial charge is 0.300 e. The molecule has 0 bridgehead atoms. The second-order valence-corrected chi connectivity index (χ2v) is 2.88. The molecule has 0 N–H and O–H groups in total. The molecule has 0 aromatic carbocycles. The molecule has 1 rings (SSSR count). The van der Waals surface area contributed by atoms with Gasteiger partial charge in [-0.05, 0) is 25.1 Å². The van der Waals surface area contributed by atoms with Gasteiger partial charge in [0.05, 0.1) is 0 Å². The Labute approximate surface area is 69.4 Å². The molecule has 62 valence electrons. The summed E-state index contributed by atoms with van der Waals surface area (Å²) in [7, 11) is 0. The van der Waals surface area contributed by atoms with Gasteiger partial charge in [0, 0.05) is 6.54 Å². The van der Waals surface area contributed by atoms with E-state index in [9.17, 15) is 0 Å². The van der Waals surface area contributed by atoms with E-state index in [0.717, 1.165) is 26.1 Å². The third-order valence-electron chi connectivity index (χ3n) is 2.15. The molecule has 1 aliphatic carbocycles. The Morgan fingerprint density at radius 1 is 1.36 bits per heavy atom. The van der Waals surface area contributed by atoms with Gasteiger partial charge in [-0.2, -0.15) is 0 Å². The van der Waals surface area contributed by atoms with E-state index >= 15 is 0 Å². The van der Waals surface area contributed by atoms with Crippen molar-refractivity contribution in [2.24, 2.45) is 0 Å². The van der Waals surface area contributed by atoms with E-state index in [0.29, 0.717) is 0 Å². The molecule has 0 aromatic rings. The SMILES string of the molecule is CCN(CC)CC1=CCC=C1. The van der Waals surface area contributed by atoms with Gasteiger partial charge in [0.1, 0.15) is 0 Å². The summed E-state index contributed by atoms with van der Waals surface area (Å²) >= 11 is 0. The van der Waals surface area contributed by atoms with E-state index < -0.39 is 0 Å². The summed E-state index contributed by atoms with van der Waals surface area (Å²) in [5, 5.41) is 0. The first kappa shape index (κ1) is 8.54. The molecule has 0 atom stereocenters. The Morgan fingerprint density at radius 3 is 2.55 bits per heavy atom. The molecule has 0 fully saturated rings. The van der Waals surface area contributed by atoms with Gasteiger partial charge in [-0.15, -0.1) is 0 Å². The molecule has 1 nitrogen and oxygen atoms in total. The Kier molecular flexibility index (Phi) is 3.37. The highest BCUT2D eigenvalue weighted by atomic mass is 15.1. The molecule has 1 heteroatoms. The van der Waals surface area contributed by atoms with Crippen molar-refractivity contribution < 1.29 is 0 Å². The first-order valence-corrected chi connectivity index (χ1v) is 4.44. The minimum Gasteiger partial charge on any atom is -0.300 e. The van der Waals surface area contributed by atoms with Gasteiger partial charge in [0.25, 0.3) is 0 Å². The smallest absolute Gasteiger partial charge is 0.0230 e. The van der Waals surface area contributed by atoms with Crippen LogP contribution in [-0.2, 0) is 0 Å². The summed E-state index contributed by atoms with van der Waals surface area (Å²) in [4.78, 5) is 2.43. The quantitative estimate of drug-likeness (QED) is 0.595. The van der Waals surface area contributed by atoms with Gasteiger partial charge < -0.3 is 0 Å². The average Bonchev–Trinajstić information content (AvgIpc) is 2.52. The minimum absolute atomic E-state index is 1.13. The molecule has 0 amide bonds. The molecule has 0 unspecified atom stereocenters. The van der Waals surface area contributed by atoms with Crippen LogP contribution in [0.2, 0.25) is 0 Å². The van der Waals surface area contributed by atoms with Crippen LogP contribution in [0.15, 0.2) is 23.8 Å². The molecule has 0 saturated heterocycles. The molecule has 0 aromatic heterocycles. The summed E-state index contributed by atoms with van der Waals surface area (Å²) in [6, 6.07) is 0. The summed E-state index contributed by atoms with van der Waals surface area (Å²) < 4.78 is 0. The van der Waals surface area contributed by atoms with Crippen molar-refractivity contribution in [2.45, 2.75) is 20.3 Å². The number of hydrogen-bond acceptors (Lipinski definition) is 1. The van der Waals surface area contributed by atoms with Gasteiger partial charge in [-0.3, -0.25) is 4.90 Å². The van der Waals surface area contributed by atoms with Crippen LogP contribution in [0.25, 0.3) is 0 Å². The van der Waals surface area contributed by atoms with Crippen LogP contribution in [0.4, 0.5) is 0 Å². The maximum atomic E-state index is 2.43. The van der Waals surface area contributed by atoms with Gasteiger partial charge in [-0.1, -0.05) is 32.1 Å². The number of likely N-dealkylation sites (N-methyl/N-ethyl adjacent to an activating group) is 1. The highest BCUT2D eigenvalue weighted by Crippen LogP contribution is 2.09. The lowest BCUT2D eigenvalue weighted by Gasteiger charge is -2.17. The standard InChI is InChI=1S/C10H17N/c1-3-11(4-2)9-10-7-5-6-8-10/h5,7-8H,3-4,6,9H2,1-2H3. The lowest BCUT2D eigenvalue weighted by molar-refractivity contribution is 0.332. The summed E-state index contributed by atoms with van der Waals surface area (Å²) in [6.45, 7) is 7.86. The van der Waals surface area contributed by atoms with Crippen molar-refractivity contribution in [2.75, 3.05) is 19.6 Å². The molecule has 11 heavy (non-hydrogen) atoms. The van der Waals surface area contributed by atoms with Crippen molar-refractivity contribution in [3.63, 3.8) is 0 Å². The van der Waals surface area contributed by atoms with Gasteiger partial charge >= 0.3 is 0 Å². The summed E-state index contributed by atoms with van der Waals surface area (Å²) in [5.41, 5.74) is 1.48. The lowest BCUT2D eigenvalue weighted by atomic mass is 10.2. The predicted octanol–water partition coefficient (Wildman–Crippen LogP) is 2.21. The average molecular weight is 151 g/mol. The van der Waals surface area contributed by atoms with Crippen LogP contribution >= 0.6 is 0 Å². The number of hydrogen-bond donors (Lipinski definition) is 0. The lowest BCUT2D eigenvalue weighted by Crippen LogP contribution is -2.24. The van der Waals surface area contributed by atoms with E-state index in [1.807, 2.05) is 0 Å². The molecule has 0 aliphatic heterocycles. The first-order valence-electron chi connectivity index (χ1n) is 4.44. The predicted molar refractivity (Wildman–Crippen MR) is 49.6 cm³/mol. The summed E-state index contributed by atoms with van der Waals surface area (Å²) in [5.74, 6) is 0. The fourth-order valence-corrected chi connectivity index (χ4v) is 1.33. The van der Waals surface area contributed by atoms with E-state index in [1.165, 1.54) is 5.57 Å². The third kappa shape index (κ3) is 2.51. The second kappa shape index (κ2) is 4.35. The van der Waals surface area contributed by atoms with Crippen LogP contribution < -0.4 is 0 Å². The van der Waals surface area contributed by atoms with Crippen LogP contribution in [0.1, 0.15) is 20.3 Å². The minimum atomic E-state index is 1.13. The fourth-order valence-electron chi connectivity index (χ4n) is 1.33. The van der Waals surface area contributed by atoms with Crippen molar-refractivity contribution in [1.29, 1.82) is 0 Å². The Balaban J connectivity index is 2.33. The highest BCUT2D eigenvalue weighted by Gasteiger charge is 2.02. The number of allylic oxidation sites excluding steroid dienone is 2. The normalized spacial score (nSPS) is 16.1. The van der Waals surface area contributed by atoms with E-state index in [4.69, 9.17) is 0 Å². The second-order valence-electron chi connectivity index (χ2n) is 2.88. The monoisotopic (exact) mass is 151 g/mol. The molecule has 1 aliphatic rings. The molecule has 0 saturated carbocycles. The van der Waals surface area contributed by atoms with Crippen LogP contribution in [0.5, 0.6) is 0 Å². The maximum Gasteiger partial charge on any atom is 0.0230 e. The fraction of sp³-hybridized carbons (Fsp3) is 0.600. The van der Waals surface area contributed by atoms with Crippen molar-refractivity contribution in [3.8, 4) is 0 Å². The zero-order chi connectivity index (χ0) is 8.10. The molecule has 0 spiro atoms. The van der Waals surface area contributed by atoms with Crippen LogP contribution in [0, 0.1) is 0 Å². The van der Waals surface area contributed by atoms with Gasteiger partial charge in [0.2, 0.25) is 0 Å². The molecular weight excluding hydrogens is 134 g/mol. The maximum absolute atomic E-state index is 2.43. The van der Waals surface area contributed by atoms with Crippen molar-refractivity contribution in [1.82, 2.24) is 4.90 Å². The first-order chi connectivity index (χ1) is 5.36. The van der Waals surface area contributed by atoms with Crippen molar-refractivity contribution in [3.05, 3.63) is 23.8 Å². The van der Waals surface area contributed by atoms with E-state index in [1.54, 1.807) is 0 Å². The number of rotatable bonds is 4. The van der Waals surface area contributed by atoms with Gasteiger partial charge in [-0.25, -0.2) is 0 Å². The van der Waals surface area contributed by atoms with E-state index in [-0.39, 0.29) is 0 Å². The number of nitrogens with zero attached hydrogens (tertiary/aromatic N) is 1. The Bertz CT molecular complexity index is 164. The molecule has 0 heterocycles. The molecule has 0 radical (unpaired) electrons. The zero-order valence-corrected chi connectivity index (χ0v) is 7.51.